The van der Waals surface area contributed by atoms with Crippen LogP contribution in [0.4, 0.5) is 5.69 Å². The molecule has 2 heterocycles. The Morgan fingerprint density at radius 2 is 1.24 bits per heavy atom. The van der Waals surface area contributed by atoms with E-state index >= 15 is 0 Å². The topological polar surface area (TPSA) is 122 Å². The molecule has 0 aromatic heterocycles. The standard InChI is InChI=1S/C21H25N3O7S2/c25-21(17-2-1-3-20(16-17)33(28,29)24-10-14-31-15-11-24)22-18-4-6-19(7-5-18)32(26,27)23-8-12-30-13-9-23/h1-7,16H,8-15H2,(H,22,25). The fraction of sp³-hybridized carbons (Fsp3) is 0.381. The maximum Gasteiger partial charge on any atom is 0.255 e. The first kappa shape index (κ1) is 23.8. The number of anilines is 1. The maximum atomic E-state index is 12.9. The molecule has 0 atom stereocenters. The van der Waals surface area contributed by atoms with Crippen LogP contribution in [-0.2, 0) is 29.5 Å². The summed E-state index contributed by atoms with van der Waals surface area (Å²) in [6.07, 6.45) is 0. The van der Waals surface area contributed by atoms with Gasteiger partial charge in [-0.1, -0.05) is 6.07 Å². The van der Waals surface area contributed by atoms with Gasteiger partial charge < -0.3 is 14.8 Å². The highest BCUT2D eigenvalue weighted by atomic mass is 32.2. The van der Waals surface area contributed by atoms with Gasteiger partial charge in [0, 0.05) is 37.4 Å². The summed E-state index contributed by atoms with van der Waals surface area (Å²) < 4.78 is 64.2. The van der Waals surface area contributed by atoms with Gasteiger partial charge in [-0.15, -0.1) is 0 Å². The predicted molar refractivity (Wildman–Crippen MR) is 120 cm³/mol. The van der Waals surface area contributed by atoms with Crippen LogP contribution >= 0.6 is 0 Å². The van der Waals surface area contributed by atoms with Gasteiger partial charge in [0.15, 0.2) is 0 Å². The lowest BCUT2D eigenvalue weighted by Crippen LogP contribution is -2.40. The summed E-state index contributed by atoms with van der Waals surface area (Å²) in [4.78, 5) is 12.9. The Labute approximate surface area is 193 Å². The first-order chi connectivity index (χ1) is 15.8. The fourth-order valence-electron chi connectivity index (χ4n) is 3.58. The Bertz CT molecular complexity index is 1200. The molecule has 2 saturated heterocycles. The van der Waals surface area contributed by atoms with Crippen LogP contribution in [0.5, 0.6) is 0 Å². The molecular weight excluding hydrogens is 470 g/mol. The number of hydrogen-bond donors (Lipinski definition) is 1. The number of nitrogens with one attached hydrogen (secondary N) is 1. The number of ether oxygens (including phenoxy) is 2. The van der Waals surface area contributed by atoms with Crippen LogP contribution in [0, 0.1) is 0 Å². The molecule has 0 saturated carbocycles. The first-order valence-corrected chi connectivity index (χ1v) is 13.3. The van der Waals surface area contributed by atoms with Gasteiger partial charge in [0.2, 0.25) is 20.0 Å². The highest BCUT2D eigenvalue weighted by Crippen LogP contribution is 2.21. The summed E-state index contributed by atoms with van der Waals surface area (Å²) in [5.74, 6) is -0.502. The molecule has 33 heavy (non-hydrogen) atoms. The average Bonchev–Trinajstić information content (AvgIpc) is 2.85. The number of morpholine rings is 2. The maximum absolute atomic E-state index is 12.9. The molecule has 12 heteroatoms. The Morgan fingerprint density at radius 3 is 1.79 bits per heavy atom. The number of nitrogens with zero attached hydrogens (tertiary/aromatic N) is 2. The lowest BCUT2D eigenvalue weighted by atomic mass is 10.2. The van der Waals surface area contributed by atoms with Crippen molar-refractivity contribution in [3.05, 3.63) is 54.1 Å². The summed E-state index contributed by atoms with van der Waals surface area (Å²) in [5.41, 5.74) is 0.566. The van der Waals surface area contributed by atoms with Gasteiger partial charge in [-0.2, -0.15) is 8.61 Å². The fourth-order valence-corrected chi connectivity index (χ4v) is 6.45. The molecule has 2 aromatic carbocycles. The van der Waals surface area contributed by atoms with E-state index in [1.54, 1.807) is 0 Å². The Hall–Kier alpha value is -2.35. The van der Waals surface area contributed by atoms with Crippen molar-refractivity contribution in [3.8, 4) is 0 Å². The third-order valence-corrected chi connectivity index (χ3v) is 9.23. The van der Waals surface area contributed by atoms with Crippen LogP contribution in [0.1, 0.15) is 10.4 Å². The van der Waals surface area contributed by atoms with E-state index in [9.17, 15) is 21.6 Å². The summed E-state index contributed by atoms with van der Waals surface area (Å²) in [6, 6.07) is 11.7. The molecule has 10 nitrogen and oxygen atoms in total. The van der Waals surface area contributed by atoms with Crippen molar-refractivity contribution in [2.45, 2.75) is 9.79 Å². The van der Waals surface area contributed by atoms with Crippen LogP contribution in [0.15, 0.2) is 58.3 Å². The Kier molecular flexibility index (Phi) is 7.12. The minimum atomic E-state index is -3.73. The summed E-state index contributed by atoms with van der Waals surface area (Å²) in [5, 5.41) is 2.68. The normalized spacial score (nSPS) is 18.7. The molecule has 4 rings (SSSR count). The second-order valence-corrected chi connectivity index (χ2v) is 11.4. The van der Waals surface area contributed by atoms with Gasteiger partial charge in [0.1, 0.15) is 0 Å². The van der Waals surface area contributed by atoms with E-state index in [2.05, 4.69) is 5.32 Å². The largest absolute Gasteiger partial charge is 0.379 e. The van der Waals surface area contributed by atoms with E-state index in [4.69, 9.17) is 9.47 Å². The number of benzene rings is 2. The molecule has 0 unspecified atom stereocenters. The lowest BCUT2D eigenvalue weighted by Gasteiger charge is -2.26. The summed E-state index contributed by atoms with van der Waals surface area (Å²) >= 11 is 0. The smallest absolute Gasteiger partial charge is 0.255 e. The molecule has 2 aliphatic rings. The SMILES string of the molecule is O=C(Nc1ccc(S(=O)(=O)N2CCOCC2)cc1)c1cccc(S(=O)(=O)N2CCOCC2)c1. The third kappa shape index (κ3) is 5.26. The number of hydrogen-bond acceptors (Lipinski definition) is 7. The minimum absolute atomic E-state index is 0.0315. The van der Waals surface area contributed by atoms with Crippen molar-refractivity contribution in [1.82, 2.24) is 8.61 Å². The number of sulfonamides is 2. The third-order valence-electron chi connectivity index (χ3n) is 5.42. The average molecular weight is 496 g/mol. The van der Waals surface area contributed by atoms with Crippen molar-refractivity contribution < 1.29 is 31.1 Å². The van der Waals surface area contributed by atoms with E-state index in [1.807, 2.05) is 0 Å². The lowest BCUT2D eigenvalue weighted by molar-refractivity contribution is 0.0730. The van der Waals surface area contributed by atoms with Gasteiger partial charge >= 0.3 is 0 Å². The van der Waals surface area contributed by atoms with Gasteiger partial charge in [-0.05, 0) is 42.5 Å². The zero-order valence-electron chi connectivity index (χ0n) is 17.8. The highest BCUT2D eigenvalue weighted by Gasteiger charge is 2.28. The van der Waals surface area contributed by atoms with Crippen molar-refractivity contribution >= 4 is 31.6 Å². The molecule has 1 N–H and O–H groups in total. The zero-order valence-corrected chi connectivity index (χ0v) is 19.5. The minimum Gasteiger partial charge on any atom is -0.379 e. The molecule has 1 amide bonds. The van der Waals surface area contributed by atoms with Crippen molar-refractivity contribution in [3.63, 3.8) is 0 Å². The van der Waals surface area contributed by atoms with Crippen LogP contribution in [0.2, 0.25) is 0 Å². The summed E-state index contributed by atoms with van der Waals surface area (Å²) in [7, 11) is -7.36. The van der Waals surface area contributed by atoms with E-state index in [0.717, 1.165) is 0 Å². The van der Waals surface area contributed by atoms with E-state index in [1.165, 1.54) is 57.1 Å². The van der Waals surface area contributed by atoms with Crippen LogP contribution in [0.3, 0.4) is 0 Å². The monoisotopic (exact) mass is 495 g/mol. The molecular formula is C21H25N3O7S2. The molecule has 0 aliphatic carbocycles. The second kappa shape index (κ2) is 9.87. The Balaban J connectivity index is 1.47. The van der Waals surface area contributed by atoms with E-state index in [-0.39, 0.29) is 28.4 Å². The molecule has 2 aliphatic heterocycles. The molecule has 0 bridgehead atoms. The first-order valence-electron chi connectivity index (χ1n) is 10.5. The molecule has 2 fully saturated rings. The quantitative estimate of drug-likeness (QED) is 0.634. The van der Waals surface area contributed by atoms with E-state index in [0.29, 0.717) is 45.2 Å². The second-order valence-electron chi connectivity index (χ2n) is 7.54. The van der Waals surface area contributed by atoms with E-state index < -0.39 is 26.0 Å². The predicted octanol–water partition coefficient (Wildman–Crippen LogP) is 0.981. The van der Waals surface area contributed by atoms with Gasteiger partial charge in [-0.25, -0.2) is 16.8 Å². The summed E-state index contributed by atoms with van der Waals surface area (Å²) in [6.45, 7) is 2.49. The number of carbonyl (C=O) groups excluding carboxylic acids is 1. The number of rotatable bonds is 6. The number of amides is 1. The Morgan fingerprint density at radius 1 is 0.727 bits per heavy atom. The van der Waals surface area contributed by atoms with Crippen LogP contribution in [0.25, 0.3) is 0 Å². The van der Waals surface area contributed by atoms with Crippen molar-refractivity contribution in [2.75, 3.05) is 57.9 Å². The number of carbonyl (C=O) groups is 1. The molecule has 178 valence electrons. The molecule has 0 spiro atoms. The highest BCUT2D eigenvalue weighted by molar-refractivity contribution is 7.89. The van der Waals surface area contributed by atoms with Crippen LogP contribution < -0.4 is 5.32 Å². The van der Waals surface area contributed by atoms with Gasteiger partial charge in [-0.3, -0.25) is 4.79 Å². The zero-order chi connectivity index (χ0) is 23.5. The van der Waals surface area contributed by atoms with Crippen molar-refractivity contribution in [2.24, 2.45) is 0 Å². The van der Waals surface area contributed by atoms with Crippen molar-refractivity contribution in [1.29, 1.82) is 0 Å². The molecule has 0 radical (unpaired) electrons. The van der Waals surface area contributed by atoms with Crippen LogP contribution in [-0.4, -0.2) is 84.0 Å². The molecule has 2 aromatic rings. The van der Waals surface area contributed by atoms with Gasteiger partial charge in [0.25, 0.3) is 5.91 Å². The van der Waals surface area contributed by atoms with Gasteiger partial charge in [0.05, 0.1) is 36.2 Å².